The van der Waals surface area contributed by atoms with Gasteiger partial charge in [-0.15, -0.1) is 17.0 Å². The van der Waals surface area contributed by atoms with E-state index in [2.05, 4.69) is 45.1 Å². The maximum atomic E-state index is 3.46. The number of nitrogens with zero attached hydrogens (tertiary/aromatic N) is 1. The first-order valence-corrected chi connectivity index (χ1v) is 6.42. The summed E-state index contributed by atoms with van der Waals surface area (Å²) in [6.07, 6.45) is 4.09. The van der Waals surface area contributed by atoms with E-state index in [4.69, 9.17) is 0 Å². The molecule has 0 atom stereocenters. The number of benzene rings is 1. The number of rotatable bonds is 2. The highest BCUT2D eigenvalue weighted by Gasteiger charge is 2.09. The van der Waals surface area contributed by atoms with Crippen molar-refractivity contribution in [2.24, 2.45) is 0 Å². The smallest absolute Gasteiger partial charge is 0.0366 e. The highest BCUT2D eigenvalue weighted by molar-refractivity contribution is 9.08. The molecule has 1 aromatic carbocycles. The molecule has 1 saturated heterocycles. The monoisotopic (exact) mass is 333 g/mol. The Labute approximate surface area is 111 Å². The number of piperidine rings is 1. The number of hydrogen-bond acceptors (Lipinski definition) is 1. The Morgan fingerprint density at radius 3 is 2.13 bits per heavy atom. The molecule has 1 aromatic rings. The Morgan fingerprint density at radius 2 is 1.60 bits per heavy atom. The van der Waals surface area contributed by atoms with Crippen molar-refractivity contribution in [3.05, 3.63) is 29.8 Å². The molecule has 0 N–H and O–H groups in total. The third-order valence-electron chi connectivity index (χ3n) is 2.81. The minimum atomic E-state index is 0. The lowest BCUT2D eigenvalue weighted by atomic mass is 10.1. The average Bonchev–Trinajstić information content (AvgIpc) is 2.30. The molecule has 0 aromatic heterocycles. The molecule has 0 saturated carbocycles. The van der Waals surface area contributed by atoms with Gasteiger partial charge in [0.25, 0.3) is 0 Å². The molecule has 1 heterocycles. The highest BCUT2D eigenvalue weighted by Crippen LogP contribution is 2.20. The fourth-order valence-electron chi connectivity index (χ4n) is 1.95. The van der Waals surface area contributed by atoms with Crippen LogP contribution in [0.15, 0.2) is 24.3 Å². The first-order chi connectivity index (χ1) is 6.90. The standard InChI is InChI=1S/C12H16BrN.BrH/c13-10-11-4-6-12(7-5-11)14-8-2-1-3-9-14;/h4-7H,1-3,8-10H2;1H. The van der Waals surface area contributed by atoms with E-state index in [0.717, 1.165) is 5.33 Å². The van der Waals surface area contributed by atoms with E-state index in [0.29, 0.717) is 0 Å². The molecule has 0 radical (unpaired) electrons. The average molecular weight is 335 g/mol. The van der Waals surface area contributed by atoms with Gasteiger partial charge in [-0.3, -0.25) is 0 Å². The van der Waals surface area contributed by atoms with Crippen molar-refractivity contribution >= 4 is 38.6 Å². The predicted octanol–water partition coefficient (Wildman–Crippen LogP) is 4.15. The zero-order valence-electron chi connectivity index (χ0n) is 8.79. The second kappa shape index (κ2) is 6.54. The van der Waals surface area contributed by atoms with Crippen LogP contribution < -0.4 is 4.90 Å². The predicted molar refractivity (Wildman–Crippen MR) is 75.5 cm³/mol. The summed E-state index contributed by atoms with van der Waals surface area (Å²) in [6, 6.07) is 8.89. The van der Waals surface area contributed by atoms with Crippen LogP contribution in [0.2, 0.25) is 0 Å². The molecular formula is C12H17Br2N. The molecular weight excluding hydrogens is 318 g/mol. The highest BCUT2D eigenvalue weighted by atomic mass is 79.9. The van der Waals surface area contributed by atoms with Gasteiger partial charge in [-0.2, -0.15) is 0 Å². The van der Waals surface area contributed by atoms with E-state index < -0.39 is 0 Å². The summed E-state index contributed by atoms with van der Waals surface area (Å²) in [7, 11) is 0. The van der Waals surface area contributed by atoms with Gasteiger partial charge in [0.05, 0.1) is 0 Å². The SMILES string of the molecule is Br.BrCc1ccc(N2CCCCC2)cc1. The van der Waals surface area contributed by atoms with Crippen molar-refractivity contribution in [3.8, 4) is 0 Å². The van der Waals surface area contributed by atoms with Crippen LogP contribution in [-0.4, -0.2) is 13.1 Å². The van der Waals surface area contributed by atoms with E-state index in [1.54, 1.807) is 0 Å². The molecule has 0 spiro atoms. The summed E-state index contributed by atoms with van der Waals surface area (Å²) >= 11 is 3.46. The lowest BCUT2D eigenvalue weighted by Crippen LogP contribution is -2.29. The first kappa shape index (κ1) is 13.0. The van der Waals surface area contributed by atoms with Crippen LogP contribution in [-0.2, 0) is 5.33 Å². The normalized spacial score (nSPS) is 15.9. The van der Waals surface area contributed by atoms with Crippen molar-refractivity contribution in [1.29, 1.82) is 0 Å². The molecule has 1 aliphatic rings. The van der Waals surface area contributed by atoms with Gasteiger partial charge >= 0.3 is 0 Å². The summed E-state index contributed by atoms with van der Waals surface area (Å²) in [5, 5.41) is 0.952. The summed E-state index contributed by atoms with van der Waals surface area (Å²) in [6.45, 7) is 2.46. The quantitative estimate of drug-likeness (QED) is 0.734. The van der Waals surface area contributed by atoms with Crippen LogP contribution in [0.3, 0.4) is 0 Å². The van der Waals surface area contributed by atoms with E-state index in [-0.39, 0.29) is 17.0 Å². The van der Waals surface area contributed by atoms with Gasteiger partial charge in [-0.25, -0.2) is 0 Å². The lowest BCUT2D eigenvalue weighted by molar-refractivity contribution is 0.578. The Morgan fingerprint density at radius 1 is 1.00 bits per heavy atom. The van der Waals surface area contributed by atoms with Crippen LogP contribution in [0.25, 0.3) is 0 Å². The van der Waals surface area contributed by atoms with Gasteiger partial charge in [0, 0.05) is 24.1 Å². The van der Waals surface area contributed by atoms with Crippen LogP contribution in [0.5, 0.6) is 0 Å². The molecule has 3 heteroatoms. The summed E-state index contributed by atoms with van der Waals surface area (Å²) < 4.78 is 0. The van der Waals surface area contributed by atoms with E-state index in [9.17, 15) is 0 Å². The number of hydrogen-bond donors (Lipinski definition) is 0. The maximum Gasteiger partial charge on any atom is 0.0366 e. The van der Waals surface area contributed by atoms with Gasteiger partial charge in [0.2, 0.25) is 0 Å². The van der Waals surface area contributed by atoms with E-state index in [1.165, 1.54) is 43.6 Å². The van der Waals surface area contributed by atoms with E-state index in [1.807, 2.05) is 0 Å². The van der Waals surface area contributed by atoms with Crippen LogP contribution in [0.1, 0.15) is 24.8 Å². The van der Waals surface area contributed by atoms with Crippen LogP contribution >= 0.6 is 32.9 Å². The van der Waals surface area contributed by atoms with Crippen molar-refractivity contribution in [2.75, 3.05) is 18.0 Å². The lowest BCUT2D eigenvalue weighted by Gasteiger charge is -2.28. The van der Waals surface area contributed by atoms with Gasteiger partial charge in [-0.05, 0) is 37.0 Å². The fourth-order valence-corrected chi connectivity index (χ4v) is 2.32. The molecule has 0 unspecified atom stereocenters. The second-order valence-electron chi connectivity index (χ2n) is 3.85. The minimum Gasteiger partial charge on any atom is -0.372 e. The molecule has 0 amide bonds. The molecule has 1 fully saturated rings. The zero-order chi connectivity index (χ0) is 9.80. The Bertz CT molecular complexity index is 278. The van der Waals surface area contributed by atoms with Gasteiger partial charge < -0.3 is 4.90 Å². The zero-order valence-corrected chi connectivity index (χ0v) is 12.1. The van der Waals surface area contributed by atoms with Crippen molar-refractivity contribution < 1.29 is 0 Å². The van der Waals surface area contributed by atoms with E-state index >= 15 is 0 Å². The first-order valence-electron chi connectivity index (χ1n) is 5.30. The molecule has 1 nitrogen and oxygen atoms in total. The van der Waals surface area contributed by atoms with Crippen molar-refractivity contribution in [2.45, 2.75) is 24.6 Å². The van der Waals surface area contributed by atoms with Gasteiger partial charge in [0.1, 0.15) is 0 Å². The molecule has 15 heavy (non-hydrogen) atoms. The summed E-state index contributed by atoms with van der Waals surface area (Å²) in [5.41, 5.74) is 2.74. The Hall–Kier alpha value is -0.0200. The number of halogens is 2. The number of anilines is 1. The number of alkyl halides is 1. The van der Waals surface area contributed by atoms with Crippen LogP contribution in [0.4, 0.5) is 5.69 Å². The maximum absolute atomic E-state index is 3.46. The molecule has 2 rings (SSSR count). The molecule has 0 bridgehead atoms. The third kappa shape index (κ3) is 3.49. The summed E-state index contributed by atoms with van der Waals surface area (Å²) in [4.78, 5) is 2.49. The minimum absolute atomic E-state index is 0. The Balaban J connectivity index is 0.00000112. The van der Waals surface area contributed by atoms with Crippen molar-refractivity contribution in [3.63, 3.8) is 0 Å². The third-order valence-corrected chi connectivity index (χ3v) is 3.46. The molecule has 1 aliphatic heterocycles. The van der Waals surface area contributed by atoms with Crippen LogP contribution in [0, 0.1) is 0 Å². The largest absolute Gasteiger partial charge is 0.372 e. The fraction of sp³-hybridized carbons (Fsp3) is 0.500. The molecule has 0 aliphatic carbocycles. The van der Waals surface area contributed by atoms with Crippen molar-refractivity contribution in [1.82, 2.24) is 0 Å². The summed E-state index contributed by atoms with van der Waals surface area (Å²) in [5.74, 6) is 0. The van der Waals surface area contributed by atoms with Gasteiger partial charge in [-0.1, -0.05) is 28.1 Å². The Kier molecular flexibility index (Phi) is 5.69. The second-order valence-corrected chi connectivity index (χ2v) is 4.41. The molecule has 84 valence electrons. The topological polar surface area (TPSA) is 3.24 Å². The van der Waals surface area contributed by atoms with Gasteiger partial charge in [0.15, 0.2) is 0 Å².